The third-order valence-electron chi connectivity index (χ3n) is 4.15. The molecular weight excluding hydrogens is 186 g/mol. The van der Waals surface area contributed by atoms with Crippen LogP contribution in [0.2, 0.25) is 0 Å². The second-order valence-electron chi connectivity index (χ2n) is 5.17. The molecule has 2 aliphatic rings. The number of rotatable bonds is 2. The van der Waals surface area contributed by atoms with E-state index in [-0.39, 0.29) is 0 Å². The fraction of sp³-hybridized carbons (Fsp3) is 1.00. The van der Waals surface area contributed by atoms with E-state index < -0.39 is 7.80 Å². The van der Waals surface area contributed by atoms with Gasteiger partial charge in [0.25, 0.3) is 0 Å². The Bertz CT molecular complexity index is 142. The summed E-state index contributed by atoms with van der Waals surface area (Å²) in [7, 11) is 6.03. The molecule has 3 radical (unpaired) electrons. The largest absolute Gasteiger partial charge is 0.309 e. The second-order valence-corrected chi connectivity index (χ2v) is 7.80. The smallest absolute Gasteiger partial charge is 0.0204 e. The van der Waals surface area contributed by atoms with E-state index in [1.807, 2.05) is 0 Å². The summed E-state index contributed by atoms with van der Waals surface area (Å²) in [5.74, 6) is 0. The summed E-state index contributed by atoms with van der Waals surface area (Å²) in [6.07, 6.45) is 14.6. The quantitative estimate of drug-likeness (QED) is 0.477. The summed E-state index contributed by atoms with van der Waals surface area (Å²) in [4.78, 5) is 0. The van der Waals surface area contributed by atoms with Gasteiger partial charge in [-0.3, -0.25) is 7.80 Å². The molecule has 2 heteroatoms. The van der Waals surface area contributed by atoms with Crippen molar-refractivity contribution in [2.45, 2.75) is 75.5 Å². The highest BCUT2D eigenvalue weighted by Crippen LogP contribution is 2.51. The van der Waals surface area contributed by atoms with Crippen LogP contribution in [-0.2, 0) is 0 Å². The minimum atomic E-state index is -0.491. The number of hydrogen-bond acceptors (Lipinski definition) is 0. The van der Waals surface area contributed by atoms with Crippen molar-refractivity contribution in [2.75, 3.05) is 0 Å². The lowest BCUT2D eigenvalue weighted by Crippen LogP contribution is -2.20. The molecule has 0 atom stereocenters. The van der Waals surface area contributed by atoms with Crippen LogP contribution in [0.25, 0.3) is 0 Å². The van der Waals surface area contributed by atoms with Crippen LogP contribution in [0.5, 0.6) is 0 Å². The second kappa shape index (κ2) is 5.54. The Morgan fingerprint density at radius 1 is 0.643 bits per heavy atom. The van der Waals surface area contributed by atoms with E-state index in [0.717, 1.165) is 11.3 Å². The predicted molar refractivity (Wildman–Crippen MR) is 67.8 cm³/mol. The first kappa shape index (κ1) is 11.0. The van der Waals surface area contributed by atoms with Gasteiger partial charge in [-0.05, 0) is 51.4 Å². The Balaban J connectivity index is 1.82. The summed E-state index contributed by atoms with van der Waals surface area (Å²) in [6, 6.07) is 0. The molecule has 0 aromatic carbocycles. The van der Waals surface area contributed by atoms with E-state index in [1.165, 1.54) is 64.2 Å². The van der Waals surface area contributed by atoms with Gasteiger partial charge < -0.3 is 7.57 Å². The normalized spacial score (nSPS) is 27.0. The molecule has 2 fully saturated rings. The Morgan fingerprint density at radius 2 is 1.00 bits per heavy atom. The summed E-state index contributed by atoms with van der Waals surface area (Å²) in [5.41, 5.74) is 1.94. The molecule has 0 unspecified atom stereocenters. The molecule has 2 aliphatic carbocycles. The highest BCUT2D eigenvalue weighted by atomic mass is 31.1. The predicted octanol–water partition coefficient (Wildman–Crippen LogP) is 3.95. The maximum Gasteiger partial charge on any atom is 0.0204 e. The van der Waals surface area contributed by atoms with Crippen molar-refractivity contribution in [3.05, 3.63) is 0 Å². The van der Waals surface area contributed by atoms with Crippen LogP contribution >= 0.6 is 7.80 Å². The van der Waals surface area contributed by atoms with Crippen molar-refractivity contribution >= 4 is 15.4 Å². The molecule has 0 nitrogen and oxygen atoms in total. The van der Waals surface area contributed by atoms with Gasteiger partial charge in [-0.15, -0.1) is 0 Å². The Hall–Kier alpha value is 0.495. The maximum atomic E-state index is 6.52. The van der Waals surface area contributed by atoms with Gasteiger partial charge in [-0.1, -0.05) is 12.8 Å². The SMILES string of the molecule is [B-][PH+](C1CCCCC1)C1CCCCC1. The molecule has 0 amide bonds. The first-order valence-electron chi connectivity index (χ1n) is 6.50. The standard InChI is InChI=1S/C12H23BP/c13-14(11-7-3-1-4-8-11)12-9-5-2-6-10-12/h11-12,14H,1-10H2. The molecule has 0 N–H and O–H groups in total. The van der Waals surface area contributed by atoms with Crippen LogP contribution in [-0.4, -0.2) is 18.9 Å². The zero-order valence-corrected chi connectivity index (χ0v) is 10.3. The van der Waals surface area contributed by atoms with Crippen LogP contribution < -0.4 is 0 Å². The summed E-state index contributed by atoms with van der Waals surface area (Å²) < 4.78 is 0. The third-order valence-corrected chi connectivity index (χ3v) is 7.19. The van der Waals surface area contributed by atoms with Gasteiger partial charge in [0.15, 0.2) is 0 Å². The van der Waals surface area contributed by atoms with E-state index in [1.54, 1.807) is 0 Å². The first-order valence-corrected chi connectivity index (χ1v) is 8.23. The minimum absolute atomic E-state index is 0.491. The lowest BCUT2D eigenvalue weighted by molar-refractivity contribution is 0.488. The minimum Gasteiger partial charge on any atom is -0.309 e. The lowest BCUT2D eigenvalue weighted by Gasteiger charge is -2.38. The molecule has 0 saturated heterocycles. The van der Waals surface area contributed by atoms with Crippen LogP contribution in [0.1, 0.15) is 64.2 Å². The zero-order chi connectivity index (χ0) is 9.80. The van der Waals surface area contributed by atoms with E-state index in [2.05, 4.69) is 0 Å². The van der Waals surface area contributed by atoms with Crippen molar-refractivity contribution < 1.29 is 0 Å². The molecule has 0 aromatic rings. The van der Waals surface area contributed by atoms with E-state index in [9.17, 15) is 0 Å². The first-order chi connectivity index (χ1) is 6.88. The molecule has 2 rings (SSSR count). The van der Waals surface area contributed by atoms with Gasteiger partial charge in [0.2, 0.25) is 0 Å². The molecule has 0 heterocycles. The molecule has 2 saturated carbocycles. The Morgan fingerprint density at radius 3 is 1.36 bits per heavy atom. The number of hydrogen-bond donors (Lipinski definition) is 0. The van der Waals surface area contributed by atoms with Gasteiger partial charge in [-0.2, -0.15) is 0 Å². The highest BCUT2D eigenvalue weighted by molar-refractivity contribution is 7.83. The maximum absolute atomic E-state index is 6.52. The average Bonchev–Trinajstić information content (AvgIpc) is 2.30. The molecule has 14 heavy (non-hydrogen) atoms. The van der Waals surface area contributed by atoms with Crippen LogP contribution in [0.3, 0.4) is 0 Å². The monoisotopic (exact) mass is 209 g/mol. The third kappa shape index (κ3) is 2.75. The van der Waals surface area contributed by atoms with Crippen LogP contribution in [0.15, 0.2) is 0 Å². The Kier molecular flexibility index (Phi) is 4.35. The van der Waals surface area contributed by atoms with Gasteiger partial charge >= 0.3 is 0 Å². The van der Waals surface area contributed by atoms with Gasteiger partial charge in [0, 0.05) is 11.3 Å². The fourth-order valence-corrected chi connectivity index (χ4v) is 6.02. The molecule has 79 valence electrons. The zero-order valence-electron chi connectivity index (χ0n) is 9.30. The van der Waals surface area contributed by atoms with Crippen molar-refractivity contribution in [3.63, 3.8) is 0 Å². The van der Waals surface area contributed by atoms with Gasteiger partial charge in [0.1, 0.15) is 0 Å². The average molecular weight is 209 g/mol. The van der Waals surface area contributed by atoms with Gasteiger partial charge in [-0.25, -0.2) is 0 Å². The van der Waals surface area contributed by atoms with Crippen molar-refractivity contribution in [3.8, 4) is 0 Å². The molecule has 0 aliphatic heterocycles. The van der Waals surface area contributed by atoms with Crippen LogP contribution in [0.4, 0.5) is 0 Å². The van der Waals surface area contributed by atoms with Gasteiger partial charge in [0.05, 0.1) is 0 Å². The molecule has 0 aromatic heterocycles. The summed E-state index contributed by atoms with van der Waals surface area (Å²) in [6.45, 7) is 0. The van der Waals surface area contributed by atoms with Crippen molar-refractivity contribution in [1.82, 2.24) is 0 Å². The van der Waals surface area contributed by atoms with E-state index >= 15 is 0 Å². The highest BCUT2D eigenvalue weighted by Gasteiger charge is 2.26. The summed E-state index contributed by atoms with van der Waals surface area (Å²) >= 11 is 0. The topological polar surface area (TPSA) is 0 Å². The van der Waals surface area contributed by atoms with E-state index in [4.69, 9.17) is 7.57 Å². The molecular formula is C12H23BP. The van der Waals surface area contributed by atoms with Crippen molar-refractivity contribution in [1.29, 1.82) is 0 Å². The fourth-order valence-electron chi connectivity index (χ4n) is 3.21. The van der Waals surface area contributed by atoms with Crippen LogP contribution in [0, 0.1) is 0 Å². The Labute approximate surface area is 91.4 Å². The molecule has 0 spiro atoms. The lowest BCUT2D eigenvalue weighted by atomic mass is 9.99. The summed E-state index contributed by atoms with van der Waals surface area (Å²) in [5, 5.41) is 0. The van der Waals surface area contributed by atoms with E-state index in [0.29, 0.717) is 0 Å². The van der Waals surface area contributed by atoms with Crippen molar-refractivity contribution in [2.24, 2.45) is 0 Å². The molecule has 0 bridgehead atoms.